The summed E-state index contributed by atoms with van der Waals surface area (Å²) in [6.07, 6.45) is -14.1. The van der Waals surface area contributed by atoms with Gasteiger partial charge in [0.2, 0.25) is 5.91 Å². The summed E-state index contributed by atoms with van der Waals surface area (Å²) in [5, 5.41) is 2.61. The van der Waals surface area contributed by atoms with Crippen molar-refractivity contribution in [3.8, 4) is 5.75 Å². The van der Waals surface area contributed by atoms with Crippen LogP contribution in [-0.2, 0) is 16.8 Å². The molecule has 1 amide bonds. The van der Waals surface area contributed by atoms with Crippen LogP contribution in [0.5, 0.6) is 5.75 Å². The number of halogens is 9. The monoisotopic (exact) mass is 580 g/mol. The number of benzene rings is 2. The average Bonchev–Trinajstić information content (AvgIpc) is 2.83. The van der Waals surface area contributed by atoms with Crippen molar-refractivity contribution in [1.29, 1.82) is 0 Å². The lowest BCUT2D eigenvalue weighted by atomic mass is 9.80. The van der Waals surface area contributed by atoms with E-state index < -0.39 is 54.1 Å². The lowest BCUT2D eigenvalue weighted by molar-refractivity contribution is -0.253. The summed E-state index contributed by atoms with van der Waals surface area (Å²) in [6.45, 7) is 0.791. The van der Waals surface area contributed by atoms with Crippen molar-refractivity contribution >= 4 is 17.5 Å². The Balaban J connectivity index is 2.23. The Hall–Kier alpha value is -3.41. The van der Waals surface area contributed by atoms with Crippen molar-refractivity contribution < 1.29 is 44.7 Å². The Morgan fingerprint density at radius 1 is 1.03 bits per heavy atom. The first-order chi connectivity index (χ1) is 18.1. The number of hydrogen-bond donors (Lipinski definition) is 1. The summed E-state index contributed by atoms with van der Waals surface area (Å²) < 4.78 is 111. The summed E-state index contributed by atoms with van der Waals surface area (Å²) in [4.78, 5) is 17.2. The molecule has 1 aromatic heterocycles. The second kappa shape index (κ2) is 11.8. The number of amides is 1. The molecule has 3 rings (SSSR count). The minimum Gasteiger partial charge on any atom is -0.428 e. The van der Waals surface area contributed by atoms with Crippen LogP contribution in [0.25, 0.3) is 0 Å². The highest BCUT2D eigenvalue weighted by molar-refractivity contribution is 6.30. The molecule has 2 aromatic carbocycles. The lowest BCUT2D eigenvalue weighted by Crippen LogP contribution is -2.50. The largest absolute Gasteiger partial charge is 0.461 e. The maximum absolute atomic E-state index is 14.7. The van der Waals surface area contributed by atoms with Gasteiger partial charge in [0.1, 0.15) is 17.1 Å². The van der Waals surface area contributed by atoms with Crippen molar-refractivity contribution in [2.45, 2.75) is 44.0 Å². The zero-order chi connectivity index (χ0) is 29.0. The van der Waals surface area contributed by atoms with E-state index in [9.17, 15) is 39.9 Å². The third kappa shape index (κ3) is 7.59. The summed E-state index contributed by atoms with van der Waals surface area (Å²) in [6, 6.07) is 12.7. The Kier molecular flexibility index (Phi) is 9.09. The van der Waals surface area contributed by atoms with Gasteiger partial charge >= 0.3 is 18.7 Å². The Bertz CT molecular complexity index is 1270. The predicted octanol–water partition coefficient (Wildman–Crippen LogP) is 7.30. The minimum atomic E-state index is -4.99. The van der Waals surface area contributed by atoms with E-state index in [2.05, 4.69) is 15.0 Å². The summed E-state index contributed by atoms with van der Waals surface area (Å²) in [7, 11) is 0. The smallest absolute Gasteiger partial charge is 0.428 e. The summed E-state index contributed by atoms with van der Waals surface area (Å²) >= 11 is 5.94. The summed E-state index contributed by atoms with van der Waals surface area (Å²) in [5.41, 5.74) is -1.87. The highest BCUT2D eigenvalue weighted by Crippen LogP contribution is 2.38. The van der Waals surface area contributed by atoms with Gasteiger partial charge in [0.25, 0.3) is 0 Å². The van der Waals surface area contributed by atoms with Crippen molar-refractivity contribution in [2.24, 2.45) is 5.92 Å². The van der Waals surface area contributed by atoms with Crippen LogP contribution in [-0.4, -0.2) is 29.6 Å². The number of carbonyl (C=O) groups excluding carboxylic acids is 1. The van der Waals surface area contributed by atoms with Gasteiger partial charge in [0.15, 0.2) is 0 Å². The number of aromatic nitrogens is 1. The van der Waals surface area contributed by atoms with Gasteiger partial charge in [-0.25, -0.2) is 4.39 Å². The zero-order valence-corrected chi connectivity index (χ0v) is 20.8. The van der Waals surface area contributed by atoms with Gasteiger partial charge in [-0.15, -0.1) is 0 Å². The molecule has 0 saturated heterocycles. The first-order valence-electron chi connectivity index (χ1n) is 11.3. The first kappa shape index (κ1) is 30.1. The van der Waals surface area contributed by atoms with Crippen molar-refractivity contribution in [3.63, 3.8) is 0 Å². The van der Waals surface area contributed by atoms with Crippen molar-refractivity contribution in [1.82, 2.24) is 10.3 Å². The molecule has 0 saturated carbocycles. The van der Waals surface area contributed by atoms with Crippen molar-refractivity contribution in [3.05, 3.63) is 94.5 Å². The lowest BCUT2D eigenvalue weighted by Gasteiger charge is -2.36. The first-order valence-corrected chi connectivity index (χ1v) is 11.7. The number of pyridine rings is 1. The molecule has 4 nitrogen and oxygen atoms in total. The average molecular weight is 581 g/mol. The van der Waals surface area contributed by atoms with Gasteiger partial charge in [-0.3, -0.25) is 9.78 Å². The van der Waals surface area contributed by atoms with Gasteiger partial charge in [0, 0.05) is 25.1 Å². The fourth-order valence-electron chi connectivity index (χ4n) is 3.80. The fourth-order valence-corrected chi connectivity index (χ4v) is 3.92. The van der Waals surface area contributed by atoms with Crippen LogP contribution in [0.2, 0.25) is 5.02 Å². The number of carbonyl (C=O) groups is 1. The molecule has 1 heterocycles. The highest BCUT2D eigenvalue weighted by atomic mass is 35.5. The normalized spacial score (nSPS) is 14.5. The van der Waals surface area contributed by atoms with Crippen molar-refractivity contribution in [2.75, 3.05) is 0 Å². The highest BCUT2D eigenvalue weighted by Gasteiger charge is 2.45. The van der Waals surface area contributed by atoms with E-state index >= 15 is 0 Å². The molecule has 0 spiro atoms. The van der Waals surface area contributed by atoms with E-state index in [-0.39, 0.29) is 22.7 Å². The molecule has 39 heavy (non-hydrogen) atoms. The fraction of sp³-hybridized carbons (Fsp3) is 0.308. The molecule has 3 aromatic rings. The summed E-state index contributed by atoms with van der Waals surface area (Å²) in [5.74, 6) is -5.42. The molecule has 0 radical (unpaired) electrons. The van der Waals surface area contributed by atoms with Gasteiger partial charge in [-0.1, -0.05) is 48.9 Å². The number of alkyl halides is 7. The Morgan fingerprint density at radius 2 is 1.69 bits per heavy atom. The number of ether oxygens (including phenoxy) is 1. The molecule has 1 unspecified atom stereocenters. The van der Waals surface area contributed by atoms with Crippen LogP contribution < -0.4 is 10.1 Å². The number of hydrogen-bond acceptors (Lipinski definition) is 3. The molecule has 0 bridgehead atoms. The third-order valence-corrected chi connectivity index (χ3v) is 5.98. The van der Waals surface area contributed by atoms with Crippen LogP contribution in [0.1, 0.15) is 30.2 Å². The molecule has 210 valence electrons. The zero-order valence-electron chi connectivity index (χ0n) is 20.1. The molecular weight excluding hydrogens is 560 g/mol. The van der Waals surface area contributed by atoms with E-state index in [0.29, 0.717) is 11.6 Å². The quantitative estimate of drug-likeness (QED) is 0.256. The number of rotatable bonds is 10. The van der Waals surface area contributed by atoms with Gasteiger partial charge in [-0.05, 0) is 35.4 Å². The molecule has 0 aliphatic heterocycles. The second-order valence-electron chi connectivity index (χ2n) is 8.76. The van der Waals surface area contributed by atoms with Gasteiger partial charge < -0.3 is 10.1 Å². The molecule has 0 aliphatic rings. The maximum atomic E-state index is 14.7. The molecule has 1 N–H and O–H groups in total. The number of nitrogens with one attached hydrogen (secondary N) is 1. The molecular formula is C26H21ClF8N2O2. The third-order valence-electron chi connectivity index (χ3n) is 5.75. The SMILES string of the molecule is CC(CC(=O)N[C@@](Cc1ccccc1)(c1cc(F)cc(OC(F)(F)C(F)F)c1)c1ccc(Cl)cn1)C(F)(F)F. The Labute approximate surface area is 223 Å². The molecule has 0 fully saturated rings. The maximum Gasteiger partial charge on any atom is 0.461 e. The molecule has 2 atom stereocenters. The van der Waals surface area contributed by atoms with Crippen LogP contribution in [0, 0.1) is 11.7 Å². The van der Waals surface area contributed by atoms with E-state index in [1.165, 1.54) is 12.1 Å². The van der Waals surface area contributed by atoms with Crippen LogP contribution in [0.3, 0.4) is 0 Å². The molecule has 0 aliphatic carbocycles. The Morgan fingerprint density at radius 3 is 2.26 bits per heavy atom. The standard InChI is InChI=1S/C26H21ClF8N2O2/c1-15(25(31,32)33)9-22(38)37-24(13-16-5-3-2-4-6-16,21-8-7-18(27)14-36-21)17-10-19(28)12-20(11-17)39-26(34,35)23(29)30/h2-8,10-12,14-15,23H,9,13H2,1H3,(H,37,38)/t15?,24-/m0/s1. The van der Waals surface area contributed by atoms with Crippen LogP contribution >= 0.6 is 11.6 Å². The van der Waals surface area contributed by atoms with E-state index in [1.807, 2.05) is 0 Å². The number of nitrogens with zero attached hydrogens (tertiary/aromatic N) is 1. The van der Waals surface area contributed by atoms with E-state index in [0.717, 1.165) is 25.3 Å². The second-order valence-corrected chi connectivity index (χ2v) is 9.20. The van der Waals surface area contributed by atoms with Crippen LogP contribution in [0.15, 0.2) is 66.9 Å². The van der Waals surface area contributed by atoms with Gasteiger partial charge in [-0.2, -0.15) is 30.7 Å². The predicted molar refractivity (Wildman–Crippen MR) is 126 cm³/mol. The van der Waals surface area contributed by atoms with E-state index in [4.69, 9.17) is 11.6 Å². The van der Waals surface area contributed by atoms with E-state index in [1.54, 1.807) is 30.3 Å². The van der Waals surface area contributed by atoms with Gasteiger partial charge in [0.05, 0.1) is 16.6 Å². The molecule has 13 heteroatoms. The van der Waals surface area contributed by atoms with Crippen LogP contribution in [0.4, 0.5) is 35.1 Å². The topological polar surface area (TPSA) is 51.2 Å². The minimum absolute atomic E-state index is 0.0547.